The maximum atomic E-state index is 13.0. The normalized spacial score (nSPS) is 37.3. The molecule has 3 aliphatic rings. The molecule has 184 valence electrons. The van der Waals surface area contributed by atoms with Gasteiger partial charge < -0.3 is 15.7 Å². The molecule has 5 heteroatoms. The molecule has 0 aromatic rings. The molecule has 32 heavy (non-hydrogen) atoms. The van der Waals surface area contributed by atoms with Crippen LogP contribution in [0.3, 0.4) is 0 Å². The first kappa shape index (κ1) is 25.5. The molecule has 0 spiro atoms. The highest BCUT2D eigenvalue weighted by Crippen LogP contribution is 2.55. The second kappa shape index (κ2) is 10.0. The first-order valence-electron chi connectivity index (χ1n) is 13.2. The van der Waals surface area contributed by atoms with Crippen LogP contribution in [-0.4, -0.2) is 35.1 Å². The molecular weight excluding hydrogens is 400 g/mol. The topological polar surface area (TPSA) is 78.4 Å². The summed E-state index contributed by atoms with van der Waals surface area (Å²) >= 11 is 0. The molecule has 0 heterocycles. The van der Waals surface area contributed by atoms with Crippen molar-refractivity contribution in [2.75, 3.05) is 0 Å². The third kappa shape index (κ3) is 5.87. The number of hydrogen-bond donors (Lipinski definition) is 3. The monoisotopic (exact) mass is 448 g/mol. The van der Waals surface area contributed by atoms with Crippen LogP contribution in [0.15, 0.2) is 0 Å². The molecule has 3 saturated carbocycles. The first-order chi connectivity index (χ1) is 14.9. The van der Waals surface area contributed by atoms with Crippen molar-refractivity contribution in [1.82, 2.24) is 10.6 Å². The second-order valence-electron chi connectivity index (χ2n) is 12.8. The SMILES string of the molecule is CC(C(=O)NC1CCCCC1)C1CCC2(C)CCC(NC(=O)CC(C)(C)C)C(C)C2C1O. The Balaban J connectivity index is 1.66. The molecule has 0 radical (unpaired) electrons. The lowest BCUT2D eigenvalue weighted by Gasteiger charge is -2.56. The largest absolute Gasteiger partial charge is 0.392 e. The van der Waals surface area contributed by atoms with E-state index in [-0.39, 0.29) is 52.4 Å². The molecule has 0 saturated heterocycles. The van der Waals surface area contributed by atoms with E-state index in [0.29, 0.717) is 12.5 Å². The zero-order valence-corrected chi connectivity index (χ0v) is 21.4. The van der Waals surface area contributed by atoms with Gasteiger partial charge in [-0.1, -0.05) is 60.8 Å². The van der Waals surface area contributed by atoms with E-state index in [1.807, 2.05) is 6.92 Å². The van der Waals surface area contributed by atoms with E-state index in [1.165, 1.54) is 19.3 Å². The molecular formula is C27H48N2O3. The van der Waals surface area contributed by atoms with E-state index in [1.54, 1.807) is 0 Å². The van der Waals surface area contributed by atoms with Crippen LogP contribution < -0.4 is 10.6 Å². The Labute approximate surface area is 195 Å². The molecule has 0 aromatic heterocycles. The number of carbonyl (C=O) groups is 2. The summed E-state index contributed by atoms with van der Waals surface area (Å²) in [5.41, 5.74) is 0.0488. The highest BCUT2D eigenvalue weighted by Gasteiger charge is 2.54. The summed E-state index contributed by atoms with van der Waals surface area (Å²) in [5, 5.41) is 18.1. The molecule has 7 atom stereocenters. The summed E-state index contributed by atoms with van der Waals surface area (Å²) < 4.78 is 0. The van der Waals surface area contributed by atoms with Gasteiger partial charge in [0.05, 0.1) is 6.10 Å². The Morgan fingerprint density at radius 2 is 1.66 bits per heavy atom. The average molecular weight is 449 g/mol. The zero-order chi connectivity index (χ0) is 23.7. The summed E-state index contributed by atoms with van der Waals surface area (Å²) in [4.78, 5) is 25.7. The highest BCUT2D eigenvalue weighted by atomic mass is 16.3. The van der Waals surface area contributed by atoms with Crippen LogP contribution in [0.25, 0.3) is 0 Å². The average Bonchev–Trinajstić information content (AvgIpc) is 2.69. The van der Waals surface area contributed by atoms with Crippen molar-refractivity contribution < 1.29 is 14.7 Å². The van der Waals surface area contributed by atoms with Gasteiger partial charge in [0, 0.05) is 24.4 Å². The maximum absolute atomic E-state index is 13.0. The van der Waals surface area contributed by atoms with Crippen molar-refractivity contribution in [3.63, 3.8) is 0 Å². The number of amides is 2. The van der Waals surface area contributed by atoms with Crippen molar-refractivity contribution in [2.45, 2.75) is 124 Å². The van der Waals surface area contributed by atoms with Gasteiger partial charge in [0.15, 0.2) is 0 Å². The molecule has 3 rings (SSSR count). The molecule has 3 aliphatic carbocycles. The number of fused-ring (bicyclic) bond motifs is 1. The molecule has 3 N–H and O–H groups in total. The predicted molar refractivity (Wildman–Crippen MR) is 129 cm³/mol. The van der Waals surface area contributed by atoms with E-state index < -0.39 is 6.10 Å². The molecule has 5 nitrogen and oxygen atoms in total. The number of hydrogen-bond acceptors (Lipinski definition) is 3. The summed E-state index contributed by atoms with van der Waals surface area (Å²) in [7, 11) is 0. The Hall–Kier alpha value is -1.10. The summed E-state index contributed by atoms with van der Waals surface area (Å²) in [6.45, 7) is 12.8. The van der Waals surface area contributed by atoms with Crippen LogP contribution in [0, 0.1) is 34.5 Å². The van der Waals surface area contributed by atoms with Crippen LogP contribution in [0.4, 0.5) is 0 Å². The van der Waals surface area contributed by atoms with Crippen molar-refractivity contribution in [3.8, 4) is 0 Å². The summed E-state index contributed by atoms with van der Waals surface area (Å²) in [6, 6.07) is 0.406. The Morgan fingerprint density at radius 1 is 1.03 bits per heavy atom. The Morgan fingerprint density at radius 3 is 2.28 bits per heavy atom. The summed E-state index contributed by atoms with van der Waals surface area (Å²) in [6.07, 6.45) is 9.80. The number of aliphatic hydroxyl groups excluding tert-OH is 1. The van der Waals surface area contributed by atoms with Gasteiger partial charge in [-0.15, -0.1) is 0 Å². The van der Waals surface area contributed by atoms with Gasteiger partial charge in [-0.3, -0.25) is 9.59 Å². The minimum absolute atomic E-state index is 0.0110. The lowest BCUT2D eigenvalue weighted by molar-refractivity contribution is -0.144. The lowest BCUT2D eigenvalue weighted by Crippen LogP contribution is -2.59. The minimum Gasteiger partial charge on any atom is -0.392 e. The molecule has 0 aliphatic heterocycles. The third-order valence-corrected chi connectivity index (χ3v) is 8.93. The number of nitrogens with one attached hydrogen (secondary N) is 2. The molecule has 2 amide bonds. The Kier molecular flexibility index (Phi) is 8.00. The number of rotatable bonds is 5. The molecule has 3 fully saturated rings. The standard InChI is InChI=1S/C27H48N2O3/c1-17(25(32)28-19-10-8-7-9-11-19)20-12-14-27(6)15-13-21(18(2)23(27)24(20)31)29-22(30)16-26(3,4)5/h17-21,23-24,31H,7-16H2,1-6H3,(H,28,32)(H,29,30). The van der Waals surface area contributed by atoms with Crippen molar-refractivity contribution >= 4 is 11.8 Å². The smallest absolute Gasteiger partial charge is 0.223 e. The van der Waals surface area contributed by atoms with Crippen molar-refractivity contribution in [3.05, 3.63) is 0 Å². The quantitative estimate of drug-likeness (QED) is 0.564. The van der Waals surface area contributed by atoms with Crippen LogP contribution >= 0.6 is 0 Å². The van der Waals surface area contributed by atoms with E-state index >= 15 is 0 Å². The number of carbonyl (C=O) groups excluding carboxylic acids is 2. The van der Waals surface area contributed by atoms with Gasteiger partial charge >= 0.3 is 0 Å². The fraction of sp³-hybridized carbons (Fsp3) is 0.926. The zero-order valence-electron chi connectivity index (χ0n) is 21.4. The van der Waals surface area contributed by atoms with E-state index in [9.17, 15) is 14.7 Å². The maximum Gasteiger partial charge on any atom is 0.223 e. The van der Waals surface area contributed by atoms with Crippen molar-refractivity contribution in [1.29, 1.82) is 0 Å². The minimum atomic E-state index is -0.502. The Bertz CT molecular complexity index is 666. The van der Waals surface area contributed by atoms with Gasteiger partial charge in [-0.25, -0.2) is 0 Å². The third-order valence-electron chi connectivity index (χ3n) is 8.93. The van der Waals surface area contributed by atoms with E-state index in [4.69, 9.17) is 0 Å². The van der Waals surface area contributed by atoms with Crippen LogP contribution in [0.1, 0.15) is 106 Å². The molecule has 0 bridgehead atoms. The number of aliphatic hydroxyl groups is 1. The first-order valence-corrected chi connectivity index (χ1v) is 13.2. The summed E-state index contributed by atoms with van der Waals surface area (Å²) in [5.74, 6) is 0.342. The van der Waals surface area contributed by atoms with Gasteiger partial charge in [0.1, 0.15) is 0 Å². The van der Waals surface area contributed by atoms with E-state index in [2.05, 4.69) is 45.3 Å². The molecule has 0 aromatic carbocycles. The van der Waals surface area contributed by atoms with E-state index in [0.717, 1.165) is 38.5 Å². The van der Waals surface area contributed by atoms with Gasteiger partial charge in [-0.05, 0) is 67.1 Å². The molecule has 7 unspecified atom stereocenters. The van der Waals surface area contributed by atoms with Crippen LogP contribution in [0.2, 0.25) is 0 Å². The van der Waals surface area contributed by atoms with Gasteiger partial charge in [0.25, 0.3) is 0 Å². The predicted octanol–water partition coefficient (Wildman–Crippen LogP) is 4.82. The van der Waals surface area contributed by atoms with Crippen LogP contribution in [-0.2, 0) is 9.59 Å². The lowest BCUT2D eigenvalue weighted by atomic mass is 9.51. The van der Waals surface area contributed by atoms with Gasteiger partial charge in [-0.2, -0.15) is 0 Å². The fourth-order valence-corrected chi connectivity index (χ4v) is 7.01. The van der Waals surface area contributed by atoms with Crippen molar-refractivity contribution in [2.24, 2.45) is 34.5 Å². The second-order valence-corrected chi connectivity index (χ2v) is 12.8. The fourth-order valence-electron chi connectivity index (χ4n) is 7.01. The van der Waals surface area contributed by atoms with Gasteiger partial charge in [0.2, 0.25) is 11.8 Å². The van der Waals surface area contributed by atoms with Crippen LogP contribution in [0.5, 0.6) is 0 Å². The highest BCUT2D eigenvalue weighted by molar-refractivity contribution is 5.79.